The van der Waals surface area contributed by atoms with Crippen molar-refractivity contribution in [1.29, 1.82) is 0 Å². The summed E-state index contributed by atoms with van der Waals surface area (Å²) in [6.07, 6.45) is 4.61. The first-order chi connectivity index (χ1) is 24.6. The van der Waals surface area contributed by atoms with Crippen molar-refractivity contribution < 1.29 is 33.5 Å². The van der Waals surface area contributed by atoms with Gasteiger partial charge < -0.3 is 24.8 Å². The molecule has 5 rings (SSSR count). The van der Waals surface area contributed by atoms with E-state index in [0.29, 0.717) is 33.1 Å². The fourth-order valence-electron chi connectivity index (χ4n) is 4.33. The highest BCUT2D eigenvalue weighted by molar-refractivity contribution is 6.44. The molecule has 0 spiro atoms. The van der Waals surface area contributed by atoms with Crippen LogP contribution in [-0.4, -0.2) is 65.2 Å². The Hall–Kier alpha value is -5.83. The quantitative estimate of drug-likeness (QED) is 0.0913. The fraction of sp³-hybridized carbons (Fsp3) is 0.237. The number of methoxy groups -OCH3 is 1. The summed E-state index contributed by atoms with van der Waals surface area (Å²) in [6, 6.07) is 25.3. The van der Waals surface area contributed by atoms with Gasteiger partial charge in [0.05, 0.1) is 31.3 Å². The van der Waals surface area contributed by atoms with Gasteiger partial charge in [-0.05, 0) is 73.2 Å². The van der Waals surface area contributed by atoms with Crippen LogP contribution >= 0.6 is 23.2 Å². The molecule has 3 aromatic carbocycles. The number of carbonyl (C=O) groups excluding carboxylic acids is 2. The molecule has 0 saturated heterocycles. The summed E-state index contributed by atoms with van der Waals surface area (Å²) in [6.45, 7) is 2.10. The Morgan fingerprint density at radius 2 is 1.31 bits per heavy atom. The normalized spacial score (nSPS) is 10.6. The van der Waals surface area contributed by atoms with Gasteiger partial charge in [0, 0.05) is 40.1 Å². The van der Waals surface area contributed by atoms with Crippen LogP contribution in [0.5, 0.6) is 11.8 Å². The molecular weight excluding hydrogens is 737 g/mol. The molecule has 5 aromatic rings. The third-order valence-electron chi connectivity index (χ3n) is 6.83. The van der Waals surface area contributed by atoms with E-state index in [4.69, 9.17) is 48.0 Å². The monoisotopic (exact) mass is 783 g/mol. The molecular formula is C38H47Cl2N7O7. The smallest absolute Gasteiger partial charge is 0.438 e. The molecule has 290 valence electrons. The molecule has 0 aliphatic heterocycles. The molecule has 2 amide bonds. The first-order valence-corrected chi connectivity index (χ1v) is 15.9. The van der Waals surface area contributed by atoms with Gasteiger partial charge in [-0.15, -0.1) is 10.2 Å². The number of benzene rings is 3. The maximum atomic E-state index is 11.9. The van der Waals surface area contributed by atoms with E-state index in [0.717, 1.165) is 22.0 Å². The SMILES string of the molecule is C.C.C.CO/N=C(C(N)=O)\C(C)=C/COc1ccn(-c2ccc(Cl)cc2)n1.COC(=O)N(OC)c1ccccc1COc1ccn(-c2ccc(Cl)cc2)n1. The number of rotatable bonds is 13. The number of hydroxylamine groups is 1. The fourth-order valence-corrected chi connectivity index (χ4v) is 4.58. The van der Waals surface area contributed by atoms with E-state index >= 15 is 0 Å². The van der Waals surface area contributed by atoms with Crippen molar-refractivity contribution in [2.24, 2.45) is 10.9 Å². The minimum Gasteiger partial charge on any atom is -0.472 e. The number of oxime groups is 1. The molecule has 0 unspecified atom stereocenters. The largest absolute Gasteiger partial charge is 0.472 e. The van der Waals surface area contributed by atoms with Crippen LogP contribution in [0.4, 0.5) is 10.5 Å². The number of halogens is 2. The van der Waals surface area contributed by atoms with Crippen LogP contribution in [-0.2, 0) is 25.8 Å². The summed E-state index contributed by atoms with van der Waals surface area (Å²) in [5.74, 6) is 0.220. The van der Waals surface area contributed by atoms with Crippen molar-refractivity contribution in [1.82, 2.24) is 19.6 Å². The molecule has 0 atom stereocenters. The zero-order valence-electron chi connectivity index (χ0n) is 28.1. The Morgan fingerprint density at radius 3 is 1.80 bits per heavy atom. The number of ether oxygens (including phenoxy) is 3. The number of nitrogens with zero attached hydrogens (tertiary/aromatic N) is 6. The van der Waals surface area contributed by atoms with Crippen molar-refractivity contribution in [2.45, 2.75) is 35.8 Å². The Bertz CT molecular complexity index is 1960. The predicted octanol–water partition coefficient (Wildman–Crippen LogP) is 8.49. The van der Waals surface area contributed by atoms with Gasteiger partial charge in [0.15, 0.2) is 5.71 Å². The Labute approximate surface area is 326 Å². The third kappa shape index (κ3) is 13.0. The highest BCUT2D eigenvalue weighted by atomic mass is 35.5. The van der Waals surface area contributed by atoms with E-state index in [-0.39, 0.29) is 41.2 Å². The first-order valence-electron chi connectivity index (χ1n) is 15.1. The molecule has 0 fully saturated rings. The topological polar surface area (TPSA) is 158 Å². The van der Waals surface area contributed by atoms with Gasteiger partial charge in [-0.3, -0.25) is 9.63 Å². The second-order valence-corrected chi connectivity index (χ2v) is 11.1. The van der Waals surface area contributed by atoms with Crippen LogP contribution in [0.2, 0.25) is 10.0 Å². The van der Waals surface area contributed by atoms with Crippen LogP contribution in [0, 0.1) is 0 Å². The Morgan fingerprint density at radius 1 is 0.796 bits per heavy atom. The number of primary amides is 1. The number of nitrogens with two attached hydrogens (primary N) is 1. The zero-order chi connectivity index (χ0) is 36.8. The lowest BCUT2D eigenvalue weighted by Crippen LogP contribution is -2.30. The lowest BCUT2D eigenvalue weighted by molar-refractivity contribution is -0.112. The Balaban J connectivity index is 0.000000515. The van der Waals surface area contributed by atoms with Gasteiger partial charge in [-0.1, -0.05) is 68.8 Å². The molecule has 2 N–H and O–H groups in total. The summed E-state index contributed by atoms with van der Waals surface area (Å²) in [4.78, 5) is 32.8. The van der Waals surface area contributed by atoms with E-state index in [2.05, 4.69) is 20.2 Å². The number of carbonyl (C=O) groups is 2. The van der Waals surface area contributed by atoms with Crippen molar-refractivity contribution in [3.63, 3.8) is 0 Å². The van der Waals surface area contributed by atoms with Crippen LogP contribution < -0.4 is 20.3 Å². The van der Waals surface area contributed by atoms with Crippen LogP contribution in [0.15, 0.2) is 114 Å². The van der Waals surface area contributed by atoms with Crippen LogP contribution in [0.1, 0.15) is 34.8 Å². The van der Waals surface area contributed by atoms with Crippen molar-refractivity contribution in [3.8, 4) is 23.1 Å². The predicted molar refractivity (Wildman–Crippen MR) is 213 cm³/mol. The van der Waals surface area contributed by atoms with Gasteiger partial charge in [-0.2, -0.15) is 5.06 Å². The van der Waals surface area contributed by atoms with Crippen molar-refractivity contribution >= 4 is 46.6 Å². The summed E-state index contributed by atoms with van der Waals surface area (Å²) in [5, 5.41) is 14.7. The molecule has 54 heavy (non-hydrogen) atoms. The van der Waals surface area contributed by atoms with Gasteiger partial charge in [0.2, 0.25) is 11.8 Å². The number of hydrogen-bond donors (Lipinski definition) is 1. The van der Waals surface area contributed by atoms with E-state index in [1.54, 1.807) is 83.3 Å². The molecule has 2 aromatic heterocycles. The van der Waals surface area contributed by atoms with E-state index < -0.39 is 12.0 Å². The zero-order valence-corrected chi connectivity index (χ0v) is 29.6. The molecule has 0 radical (unpaired) electrons. The molecule has 0 saturated carbocycles. The van der Waals surface area contributed by atoms with Crippen molar-refractivity contribution in [2.75, 3.05) is 33.0 Å². The van der Waals surface area contributed by atoms with Crippen molar-refractivity contribution in [3.05, 3.63) is 125 Å². The number of aromatic nitrogens is 4. The number of hydrogen-bond acceptors (Lipinski definition) is 10. The molecule has 14 nitrogen and oxygen atoms in total. The van der Waals surface area contributed by atoms with Crippen LogP contribution in [0.3, 0.4) is 0 Å². The molecule has 0 bridgehead atoms. The van der Waals surface area contributed by atoms with Gasteiger partial charge in [0.1, 0.15) is 20.3 Å². The minimum absolute atomic E-state index is 0. The second kappa shape index (κ2) is 23.0. The maximum Gasteiger partial charge on any atom is 0.438 e. The molecule has 0 aliphatic rings. The molecule has 2 heterocycles. The third-order valence-corrected chi connectivity index (χ3v) is 7.33. The first kappa shape index (κ1) is 46.2. The summed E-state index contributed by atoms with van der Waals surface area (Å²) in [7, 11) is 4.02. The van der Waals surface area contributed by atoms with E-state index in [1.165, 1.54) is 21.3 Å². The van der Waals surface area contributed by atoms with Gasteiger partial charge in [0.25, 0.3) is 5.91 Å². The van der Waals surface area contributed by atoms with Crippen LogP contribution in [0.25, 0.3) is 11.4 Å². The summed E-state index contributed by atoms with van der Waals surface area (Å²) < 4.78 is 19.4. The highest BCUT2D eigenvalue weighted by Gasteiger charge is 2.19. The van der Waals surface area contributed by atoms with E-state index in [9.17, 15) is 9.59 Å². The lowest BCUT2D eigenvalue weighted by Gasteiger charge is -2.20. The van der Waals surface area contributed by atoms with Gasteiger partial charge in [-0.25, -0.2) is 14.2 Å². The lowest BCUT2D eigenvalue weighted by atomic mass is 10.1. The number of anilines is 1. The number of amides is 2. The standard InChI is InChI=1S/C19H18ClN3O4.C16H17ClN4O3.3CH4/c1-25-19(24)23(26-2)17-6-4-3-5-14(17)13-27-18-11-12-22(21-18)16-9-7-15(20)8-10-16;1-11(15(16(18)22)20-23-2)8-10-24-14-7-9-21(19-14)13-5-3-12(17)4-6-13;;;/h3-12H,13H2,1-2H3;3-9H,10H2,1-2H3,(H2,18,22);3*1H4/b;11-8-,20-15+;;;. The highest BCUT2D eigenvalue weighted by Crippen LogP contribution is 2.24. The average Bonchev–Trinajstić information content (AvgIpc) is 3.81. The minimum atomic E-state index is -0.669. The molecule has 16 heteroatoms. The number of para-hydroxylation sites is 1. The summed E-state index contributed by atoms with van der Waals surface area (Å²) in [5.41, 5.74) is 8.84. The van der Waals surface area contributed by atoms with Gasteiger partial charge >= 0.3 is 6.09 Å². The van der Waals surface area contributed by atoms with E-state index in [1.807, 2.05) is 36.4 Å². The Kier molecular flexibility index (Phi) is 19.6. The average molecular weight is 785 g/mol. The summed E-state index contributed by atoms with van der Waals surface area (Å²) >= 11 is 11.8. The second-order valence-electron chi connectivity index (χ2n) is 10.2. The maximum absolute atomic E-state index is 11.9. The molecule has 0 aliphatic carbocycles.